The van der Waals surface area contributed by atoms with Crippen molar-refractivity contribution in [2.45, 2.75) is 20.0 Å². The maximum atomic E-state index is 13.2. The summed E-state index contributed by atoms with van der Waals surface area (Å²) in [6, 6.07) is 21.6. The molecule has 0 saturated carbocycles. The maximum Gasteiger partial charge on any atom is 0.270 e. The fraction of sp³-hybridized carbons (Fsp3) is 0.143. The highest BCUT2D eigenvalue weighted by atomic mass is 127. The van der Waals surface area contributed by atoms with Crippen molar-refractivity contribution in [3.63, 3.8) is 0 Å². The average molecular weight is 614 g/mol. The van der Waals surface area contributed by atoms with E-state index in [0.717, 1.165) is 22.4 Å². The number of ether oxygens (including phenoxy) is 2. The molecule has 1 fully saturated rings. The van der Waals surface area contributed by atoms with Crippen molar-refractivity contribution < 1.29 is 14.3 Å². The third-order valence-electron chi connectivity index (χ3n) is 5.22. The second kappa shape index (κ2) is 11.9. The van der Waals surface area contributed by atoms with Crippen LogP contribution in [0.4, 0.5) is 5.69 Å². The van der Waals surface area contributed by atoms with Gasteiger partial charge in [0.05, 0.1) is 17.2 Å². The van der Waals surface area contributed by atoms with E-state index in [1.165, 1.54) is 15.3 Å². The predicted octanol–water partition coefficient (Wildman–Crippen LogP) is 7.40. The summed E-state index contributed by atoms with van der Waals surface area (Å²) in [5.41, 5.74) is 3.63. The van der Waals surface area contributed by atoms with Crippen LogP contribution >= 0.6 is 46.6 Å². The molecule has 1 aliphatic rings. The van der Waals surface area contributed by atoms with Gasteiger partial charge in [0.1, 0.15) is 6.61 Å². The lowest BCUT2D eigenvalue weighted by Gasteiger charge is -2.17. The molecule has 7 heteroatoms. The van der Waals surface area contributed by atoms with Crippen LogP contribution in [0.2, 0.25) is 0 Å². The molecule has 3 aromatic carbocycles. The SMILES string of the molecule is C=CCc1cc(/C=C2/SC(=S)N(c3ccccc3)C2=O)cc(OCC)c1OCc1ccc(I)cc1. The number of rotatable bonds is 9. The Balaban J connectivity index is 1.65. The minimum absolute atomic E-state index is 0.131. The number of carbonyl (C=O) groups is 1. The largest absolute Gasteiger partial charge is 0.490 e. The van der Waals surface area contributed by atoms with Crippen LogP contribution in [0.1, 0.15) is 23.6 Å². The van der Waals surface area contributed by atoms with E-state index in [1.807, 2.05) is 61.5 Å². The molecule has 1 saturated heterocycles. The van der Waals surface area contributed by atoms with E-state index in [2.05, 4.69) is 53.4 Å². The van der Waals surface area contributed by atoms with E-state index in [1.54, 1.807) is 4.90 Å². The topological polar surface area (TPSA) is 38.8 Å². The van der Waals surface area contributed by atoms with Crippen molar-refractivity contribution in [1.29, 1.82) is 0 Å². The number of thiocarbonyl (C=S) groups is 1. The summed E-state index contributed by atoms with van der Waals surface area (Å²) in [5, 5.41) is 0. The Morgan fingerprint density at radius 3 is 2.51 bits per heavy atom. The number of allylic oxidation sites excluding steroid dienone is 1. The van der Waals surface area contributed by atoms with E-state index < -0.39 is 0 Å². The van der Waals surface area contributed by atoms with Gasteiger partial charge in [0.2, 0.25) is 0 Å². The number of amides is 1. The zero-order valence-corrected chi connectivity index (χ0v) is 23.0. The molecule has 0 spiro atoms. The Morgan fingerprint density at radius 1 is 1.09 bits per heavy atom. The van der Waals surface area contributed by atoms with E-state index in [9.17, 15) is 4.79 Å². The van der Waals surface area contributed by atoms with Crippen molar-refractivity contribution >= 4 is 68.6 Å². The van der Waals surface area contributed by atoms with Gasteiger partial charge in [0.25, 0.3) is 5.91 Å². The summed E-state index contributed by atoms with van der Waals surface area (Å²) in [4.78, 5) is 15.3. The van der Waals surface area contributed by atoms with Crippen molar-refractivity contribution in [3.05, 3.63) is 105 Å². The molecular formula is C28H24INO3S2. The first-order valence-corrected chi connectivity index (χ1v) is 13.4. The Kier molecular flexibility index (Phi) is 8.64. The number of para-hydroxylation sites is 1. The summed E-state index contributed by atoms with van der Waals surface area (Å²) in [7, 11) is 0. The van der Waals surface area contributed by atoms with Crippen LogP contribution in [0, 0.1) is 3.57 Å². The zero-order valence-electron chi connectivity index (χ0n) is 19.2. The van der Waals surface area contributed by atoms with Gasteiger partial charge in [0.15, 0.2) is 15.8 Å². The highest BCUT2D eigenvalue weighted by Crippen LogP contribution is 2.39. The fourth-order valence-electron chi connectivity index (χ4n) is 3.66. The molecule has 178 valence electrons. The predicted molar refractivity (Wildman–Crippen MR) is 157 cm³/mol. The van der Waals surface area contributed by atoms with Crippen LogP contribution in [0.5, 0.6) is 11.5 Å². The van der Waals surface area contributed by atoms with Gasteiger partial charge in [-0.1, -0.05) is 60.4 Å². The molecule has 1 heterocycles. The molecule has 0 bridgehead atoms. The highest BCUT2D eigenvalue weighted by Gasteiger charge is 2.33. The molecule has 0 unspecified atom stereocenters. The maximum absolute atomic E-state index is 13.2. The van der Waals surface area contributed by atoms with Crippen LogP contribution in [-0.2, 0) is 17.8 Å². The number of nitrogens with zero attached hydrogens (tertiary/aromatic N) is 1. The second-order valence-electron chi connectivity index (χ2n) is 7.70. The van der Waals surface area contributed by atoms with Crippen LogP contribution in [0.15, 0.2) is 84.3 Å². The van der Waals surface area contributed by atoms with Crippen LogP contribution < -0.4 is 14.4 Å². The molecule has 35 heavy (non-hydrogen) atoms. The van der Waals surface area contributed by atoms with Crippen LogP contribution in [0.3, 0.4) is 0 Å². The van der Waals surface area contributed by atoms with Gasteiger partial charge < -0.3 is 9.47 Å². The summed E-state index contributed by atoms with van der Waals surface area (Å²) in [6.07, 6.45) is 4.30. The Labute approximate surface area is 229 Å². The fourth-order valence-corrected chi connectivity index (χ4v) is 5.31. The molecule has 0 atom stereocenters. The van der Waals surface area contributed by atoms with E-state index >= 15 is 0 Å². The number of anilines is 1. The normalized spacial score (nSPS) is 14.5. The monoisotopic (exact) mass is 613 g/mol. The van der Waals surface area contributed by atoms with Gasteiger partial charge in [-0.15, -0.1) is 6.58 Å². The number of hydrogen-bond acceptors (Lipinski definition) is 5. The quantitative estimate of drug-likeness (QED) is 0.109. The zero-order chi connectivity index (χ0) is 24.8. The molecule has 4 rings (SSSR count). The number of carbonyl (C=O) groups excluding carboxylic acids is 1. The summed E-state index contributed by atoms with van der Waals surface area (Å²) in [5.74, 6) is 1.20. The first-order valence-electron chi connectivity index (χ1n) is 11.1. The summed E-state index contributed by atoms with van der Waals surface area (Å²) < 4.78 is 13.9. The molecular weight excluding hydrogens is 589 g/mol. The van der Waals surface area contributed by atoms with Crippen molar-refractivity contribution in [3.8, 4) is 11.5 Å². The van der Waals surface area contributed by atoms with Crippen LogP contribution in [-0.4, -0.2) is 16.8 Å². The first-order chi connectivity index (χ1) is 17.0. The van der Waals surface area contributed by atoms with Crippen molar-refractivity contribution in [2.75, 3.05) is 11.5 Å². The number of benzene rings is 3. The smallest absolute Gasteiger partial charge is 0.270 e. The number of thioether (sulfide) groups is 1. The summed E-state index contributed by atoms with van der Waals surface area (Å²) in [6.45, 7) is 6.76. The van der Waals surface area contributed by atoms with Gasteiger partial charge in [-0.2, -0.15) is 0 Å². The van der Waals surface area contributed by atoms with Crippen molar-refractivity contribution in [1.82, 2.24) is 0 Å². The van der Waals surface area contributed by atoms with E-state index in [-0.39, 0.29) is 5.91 Å². The van der Waals surface area contributed by atoms with E-state index in [0.29, 0.717) is 40.4 Å². The minimum Gasteiger partial charge on any atom is -0.490 e. The van der Waals surface area contributed by atoms with Gasteiger partial charge in [0, 0.05) is 9.13 Å². The lowest BCUT2D eigenvalue weighted by atomic mass is 10.0. The molecule has 0 aliphatic carbocycles. The molecule has 1 aliphatic heterocycles. The van der Waals surface area contributed by atoms with Crippen LogP contribution in [0.25, 0.3) is 6.08 Å². The Bertz CT molecular complexity index is 1270. The molecule has 0 radical (unpaired) electrons. The highest BCUT2D eigenvalue weighted by molar-refractivity contribution is 14.1. The first kappa shape index (κ1) is 25.5. The molecule has 1 amide bonds. The number of halogens is 1. The Hall–Kier alpha value is -2.62. The van der Waals surface area contributed by atoms with E-state index in [4.69, 9.17) is 21.7 Å². The van der Waals surface area contributed by atoms with Gasteiger partial charge in [-0.05, 0) is 89.5 Å². The summed E-state index contributed by atoms with van der Waals surface area (Å²) >= 11 is 9.09. The standard InChI is InChI=1S/C28H24INO3S2/c1-3-8-21-15-20(17-25-27(31)30(28(34)35-25)23-9-6-5-7-10-23)16-24(32-4-2)26(21)33-18-19-11-13-22(29)14-12-19/h3,5-7,9-17H,1,4,8,18H2,2H3/b25-17+. The minimum atomic E-state index is -0.131. The molecule has 3 aromatic rings. The third-order valence-corrected chi connectivity index (χ3v) is 7.24. The molecule has 0 N–H and O–H groups in total. The van der Waals surface area contributed by atoms with Gasteiger partial charge >= 0.3 is 0 Å². The molecule has 4 nitrogen and oxygen atoms in total. The van der Waals surface area contributed by atoms with Crippen molar-refractivity contribution in [2.24, 2.45) is 0 Å². The number of hydrogen-bond donors (Lipinski definition) is 0. The Morgan fingerprint density at radius 2 is 1.83 bits per heavy atom. The van der Waals surface area contributed by atoms with Gasteiger partial charge in [-0.25, -0.2) is 0 Å². The second-order valence-corrected chi connectivity index (χ2v) is 10.6. The average Bonchev–Trinajstić information content (AvgIpc) is 3.13. The van der Waals surface area contributed by atoms with Gasteiger partial charge in [-0.3, -0.25) is 9.69 Å². The lowest BCUT2D eigenvalue weighted by Crippen LogP contribution is -2.27. The third kappa shape index (κ3) is 6.15. The molecule has 0 aromatic heterocycles. The lowest BCUT2D eigenvalue weighted by molar-refractivity contribution is -0.113.